The number of H-pyrrole nitrogens is 1. The Labute approximate surface area is 219 Å². The Bertz CT molecular complexity index is 1170. The molecule has 2 fully saturated rings. The number of amides is 1. The van der Waals surface area contributed by atoms with Crippen LogP contribution < -0.4 is 5.56 Å². The Morgan fingerprint density at radius 2 is 1.86 bits per heavy atom. The zero-order valence-corrected chi connectivity index (χ0v) is 23.3. The predicted octanol–water partition coefficient (Wildman–Crippen LogP) is 4.80. The maximum absolute atomic E-state index is 13.6. The van der Waals surface area contributed by atoms with Crippen LogP contribution in [0.4, 0.5) is 0 Å². The van der Waals surface area contributed by atoms with Crippen LogP contribution in [-0.2, 0) is 17.7 Å². The van der Waals surface area contributed by atoms with Gasteiger partial charge in [-0.15, -0.1) is 11.3 Å². The molecule has 1 atom stereocenters. The second-order valence-electron chi connectivity index (χ2n) is 11.4. The lowest BCUT2D eigenvalue weighted by atomic mass is 9.76. The summed E-state index contributed by atoms with van der Waals surface area (Å²) in [6, 6.07) is 2.73. The Hall–Kier alpha value is -1.96. The molecule has 0 radical (unpaired) electrons. The highest BCUT2D eigenvalue weighted by Crippen LogP contribution is 2.44. The molecule has 6 nitrogen and oxygen atoms in total. The quantitative estimate of drug-likeness (QED) is 0.580. The van der Waals surface area contributed by atoms with E-state index in [4.69, 9.17) is 4.74 Å². The summed E-state index contributed by atoms with van der Waals surface area (Å²) in [5.41, 5.74) is 4.52. The van der Waals surface area contributed by atoms with Gasteiger partial charge in [0.15, 0.2) is 0 Å². The lowest BCUT2D eigenvalue weighted by Crippen LogP contribution is -2.54. The van der Waals surface area contributed by atoms with Crippen molar-refractivity contribution in [2.45, 2.75) is 78.3 Å². The summed E-state index contributed by atoms with van der Waals surface area (Å²) in [6.07, 6.45) is 6.00. The van der Waals surface area contributed by atoms with E-state index in [9.17, 15) is 9.59 Å². The van der Waals surface area contributed by atoms with E-state index >= 15 is 0 Å². The van der Waals surface area contributed by atoms with Crippen LogP contribution in [0.2, 0.25) is 0 Å². The van der Waals surface area contributed by atoms with Gasteiger partial charge < -0.3 is 14.6 Å². The largest absolute Gasteiger partial charge is 0.384 e. The summed E-state index contributed by atoms with van der Waals surface area (Å²) < 4.78 is 5.32. The van der Waals surface area contributed by atoms with E-state index in [-0.39, 0.29) is 11.5 Å². The summed E-state index contributed by atoms with van der Waals surface area (Å²) in [5, 5.41) is 0. The van der Waals surface area contributed by atoms with Crippen LogP contribution in [0.3, 0.4) is 0 Å². The Morgan fingerprint density at radius 1 is 1.14 bits per heavy atom. The first-order valence-corrected chi connectivity index (χ1v) is 14.4. The van der Waals surface area contributed by atoms with Gasteiger partial charge in [-0.3, -0.25) is 14.5 Å². The van der Waals surface area contributed by atoms with Crippen LogP contribution >= 0.6 is 11.3 Å². The molecule has 1 aliphatic carbocycles. The van der Waals surface area contributed by atoms with Crippen LogP contribution in [0.25, 0.3) is 0 Å². The van der Waals surface area contributed by atoms with Crippen LogP contribution in [0.1, 0.15) is 81.0 Å². The SMILES string of the molecule is COCC1CN(C2CCC(C(C)c3sc4c(c3C)C(=O)N(Cc3c(C)cc(C)[nH]c3=O)CC4)CC2)C1. The summed E-state index contributed by atoms with van der Waals surface area (Å²) in [6.45, 7) is 12.7. The average molecular weight is 512 g/mol. The standard InChI is InChI=1S/C29H41N3O3S/c1-17-12-18(2)30-28(33)24(17)15-31-11-10-25-26(29(31)34)20(4)27(36-25)19(3)22-6-8-23(9-7-22)32-13-21(14-32)16-35-5/h12,19,21-23H,6-11,13-16H2,1-5H3,(H,30,33). The summed E-state index contributed by atoms with van der Waals surface area (Å²) in [4.78, 5) is 36.2. The summed E-state index contributed by atoms with van der Waals surface area (Å²) in [7, 11) is 1.80. The molecule has 3 aliphatic rings. The van der Waals surface area contributed by atoms with Crippen molar-refractivity contribution in [2.24, 2.45) is 11.8 Å². The smallest absolute Gasteiger partial charge is 0.255 e. The van der Waals surface area contributed by atoms with Gasteiger partial charge in [0.05, 0.1) is 18.7 Å². The van der Waals surface area contributed by atoms with Gasteiger partial charge in [0.1, 0.15) is 0 Å². The topological polar surface area (TPSA) is 65.6 Å². The molecule has 2 aromatic heterocycles. The van der Waals surface area contributed by atoms with Crippen molar-refractivity contribution in [3.05, 3.63) is 54.1 Å². The number of aryl methyl sites for hydroxylation is 2. The van der Waals surface area contributed by atoms with Gasteiger partial charge >= 0.3 is 0 Å². The lowest BCUT2D eigenvalue weighted by Gasteiger charge is -2.47. The van der Waals surface area contributed by atoms with E-state index < -0.39 is 0 Å². The Balaban J connectivity index is 1.24. The summed E-state index contributed by atoms with van der Waals surface area (Å²) >= 11 is 1.87. The molecule has 4 heterocycles. The van der Waals surface area contributed by atoms with Crippen LogP contribution in [0, 0.1) is 32.6 Å². The maximum Gasteiger partial charge on any atom is 0.255 e. The molecular weight excluding hydrogens is 470 g/mol. The highest BCUT2D eigenvalue weighted by Gasteiger charge is 2.37. The first-order chi connectivity index (χ1) is 17.3. The van der Waals surface area contributed by atoms with Crippen molar-refractivity contribution >= 4 is 17.2 Å². The van der Waals surface area contributed by atoms with Crippen LogP contribution in [-0.4, -0.2) is 60.1 Å². The number of hydrogen-bond acceptors (Lipinski definition) is 5. The third kappa shape index (κ3) is 4.82. The van der Waals surface area contributed by atoms with Crippen LogP contribution in [0.15, 0.2) is 10.9 Å². The second kappa shape index (κ2) is 10.4. The van der Waals surface area contributed by atoms with E-state index in [0.717, 1.165) is 41.8 Å². The maximum atomic E-state index is 13.6. The number of thiophene rings is 1. The second-order valence-corrected chi connectivity index (χ2v) is 12.6. The van der Waals surface area contributed by atoms with Crippen molar-refractivity contribution in [1.82, 2.24) is 14.8 Å². The number of pyridine rings is 1. The van der Waals surface area contributed by atoms with Gasteiger partial charge in [-0.2, -0.15) is 0 Å². The number of nitrogens with one attached hydrogen (secondary N) is 1. The molecule has 2 aliphatic heterocycles. The number of fused-ring (bicyclic) bond motifs is 1. The van der Waals surface area contributed by atoms with Gasteiger partial charge in [0, 0.05) is 66.1 Å². The molecule has 0 aromatic carbocycles. The van der Waals surface area contributed by atoms with Crippen molar-refractivity contribution in [3.8, 4) is 0 Å². The number of methoxy groups -OCH3 is 1. The molecule has 1 unspecified atom stereocenters. The van der Waals surface area contributed by atoms with Gasteiger partial charge in [-0.25, -0.2) is 0 Å². The normalized spacial score (nSPS) is 24.0. The number of carbonyl (C=O) groups is 1. The van der Waals surface area contributed by atoms with Crippen molar-refractivity contribution in [3.63, 3.8) is 0 Å². The fourth-order valence-corrected chi connectivity index (χ4v) is 8.26. The minimum absolute atomic E-state index is 0.0782. The first-order valence-electron chi connectivity index (χ1n) is 13.6. The Kier molecular flexibility index (Phi) is 7.44. The average Bonchev–Trinajstić information content (AvgIpc) is 3.16. The number of aromatic amines is 1. The monoisotopic (exact) mass is 511 g/mol. The molecular formula is C29H41N3O3S. The molecule has 196 valence electrons. The minimum Gasteiger partial charge on any atom is -0.384 e. The Morgan fingerprint density at radius 3 is 2.53 bits per heavy atom. The third-order valence-corrected chi connectivity index (χ3v) is 10.5. The van der Waals surface area contributed by atoms with Crippen LogP contribution in [0.5, 0.6) is 0 Å². The number of likely N-dealkylation sites (tertiary alicyclic amines) is 1. The van der Waals surface area contributed by atoms with Gasteiger partial charge in [-0.05, 0) is 75.5 Å². The zero-order chi connectivity index (χ0) is 25.6. The number of nitrogens with zero attached hydrogens (tertiary/aromatic N) is 2. The van der Waals surface area contributed by atoms with Gasteiger partial charge in [-0.1, -0.05) is 6.92 Å². The highest BCUT2D eigenvalue weighted by atomic mass is 32.1. The molecule has 7 heteroatoms. The molecule has 1 amide bonds. The molecule has 36 heavy (non-hydrogen) atoms. The lowest BCUT2D eigenvalue weighted by molar-refractivity contribution is -0.00954. The molecule has 1 saturated heterocycles. The minimum atomic E-state index is -0.0782. The van der Waals surface area contributed by atoms with E-state index in [1.54, 1.807) is 7.11 Å². The molecule has 2 aromatic rings. The van der Waals surface area contributed by atoms with E-state index in [1.165, 1.54) is 54.1 Å². The zero-order valence-electron chi connectivity index (χ0n) is 22.5. The fourth-order valence-electron chi connectivity index (χ4n) is 6.83. The molecule has 1 N–H and O–H groups in total. The predicted molar refractivity (Wildman–Crippen MR) is 145 cm³/mol. The van der Waals surface area contributed by atoms with E-state index in [1.807, 2.05) is 36.2 Å². The molecule has 0 spiro atoms. The van der Waals surface area contributed by atoms with Gasteiger partial charge in [0.25, 0.3) is 11.5 Å². The van der Waals surface area contributed by atoms with Crippen molar-refractivity contribution in [1.29, 1.82) is 0 Å². The molecule has 5 rings (SSSR count). The van der Waals surface area contributed by atoms with Gasteiger partial charge in [0.2, 0.25) is 0 Å². The number of aromatic nitrogens is 1. The highest BCUT2D eigenvalue weighted by molar-refractivity contribution is 7.12. The molecule has 1 saturated carbocycles. The number of hydrogen-bond donors (Lipinski definition) is 1. The fraction of sp³-hybridized carbons (Fsp3) is 0.655. The number of rotatable bonds is 7. The number of ether oxygens (including phenoxy) is 1. The van der Waals surface area contributed by atoms with E-state index in [2.05, 4.69) is 23.7 Å². The third-order valence-electron chi connectivity index (χ3n) is 8.98. The van der Waals surface area contributed by atoms with E-state index in [0.29, 0.717) is 30.5 Å². The van der Waals surface area contributed by atoms with Crippen molar-refractivity contribution < 1.29 is 9.53 Å². The van der Waals surface area contributed by atoms with Crippen molar-refractivity contribution in [2.75, 3.05) is 33.4 Å². The first kappa shape index (κ1) is 25.7. The summed E-state index contributed by atoms with van der Waals surface area (Å²) in [5.74, 6) is 1.99. The molecule has 0 bridgehead atoms. The number of carbonyl (C=O) groups excluding carboxylic acids is 1.